The number of halogens is 2. The summed E-state index contributed by atoms with van der Waals surface area (Å²) in [6.45, 7) is 4.83. The van der Waals surface area contributed by atoms with Crippen LogP contribution >= 0.6 is 23.2 Å². The Bertz CT molecular complexity index is 502. The lowest BCUT2D eigenvalue weighted by molar-refractivity contribution is -0.123. The number of benzene rings is 1. The van der Waals surface area contributed by atoms with Crippen LogP contribution in [0.2, 0.25) is 10.0 Å². The SMILES string of the molecule is CC1(CNC(=O)COc2ccc(Cl)cc2Cl)CCNCC1. The van der Waals surface area contributed by atoms with E-state index in [1.165, 1.54) is 0 Å². The third kappa shape index (κ3) is 5.06. The molecular weight excluding hydrogens is 311 g/mol. The van der Waals surface area contributed by atoms with Gasteiger partial charge in [-0.05, 0) is 49.5 Å². The number of piperidine rings is 1. The molecule has 2 rings (SSSR count). The fourth-order valence-corrected chi connectivity index (χ4v) is 2.77. The van der Waals surface area contributed by atoms with Crippen molar-refractivity contribution < 1.29 is 9.53 Å². The molecular formula is C15H20Cl2N2O2. The minimum atomic E-state index is -0.138. The summed E-state index contributed by atoms with van der Waals surface area (Å²) in [5, 5.41) is 7.20. The molecule has 0 atom stereocenters. The van der Waals surface area contributed by atoms with Gasteiger partial charge in [0.15, 0.2) is 6.61 Å². The Hall–Kier alpha value is -0.970. The number of hydrogen-bond donors (Lipinski definition) is 2. The predicted molar refractivity (Wildman–Crippen MR) is 85.2 cm³/mol. The van der Waals surface area contributed by atoms with Crippen LogP contribution in [0.1, 0.15) is 19.8 Å². The van der Waals surface area contributed by atoms with Crippen molar-refractivity contribution in [3.05, 3.63) is 28.2 Å². The molecule has 21 heavy (non-hydrogen) atoms. The van der Waals surface area contributed by atoms with Gasteiger partial charge in [0.1, 0.15) is 5.75 Å². The van der Waals surface area contributed by atoms with E-state index in [9.17, 15) is 4.79 Å². The number of rotatable bonds is 5. The number of amides is 1. The van der Waals surface area contributed by atoms with Crippen LogP contribution in [0.15, 0.2) is 18.2 Å². The molecule has 0 saturated carbocycles. The molecule has 1 aliphatic heterocycles. The van der Waals surface area contributed by atoms with Gasteiger partial charge in [-0.2, -0.15) is 0 Å². The largest absolute Gasteiger partial charge is 0.482 e. The monoisotopic (exact) mass is 330 g/mol. The molecule has 0 bridgehead atoms. The van der Waals surface area contributed by atoms with Gasteiger partial charge < -0.3 is 15.4 Å². The van der Waals surface area contributed by atoms with Crippen LogP contribution in [0.25, 0.3) is 0 Å². The van der Waals surface area contributed by atoms with Crippen LogP contribution in [0, 0.1) is 5.41 Å². The molecule has 1 aromatic carbocycles. The van der Waals surface area contributed by atoms with Gasteiger partial charge in [0.25, 0.3) is 5.91 Å². The topological polar surface area (TPSA) is 50.4 Å². The fraction of sp³-hybridized carbons (Fsp3) is 0.533. The van der Waals surface area contributed by atoms with E-state index in [0.29, 0.717) is 22.3 Å². The molecule has 1 saturated heterocycles. The molecule has 1 heterocycles. The van der Waals surface area contributed by atoms with Crippen molar-refractivity contribution in [3.8, 4) is 5.75 Å². The maximum Gasteiger partial charge on any atom is 0.257 e. The molecule has 2 N–H and O–H groups in total. The molecule has 1 fully saturated rings. The number of nitrogens with one attached hydrogen (secondary N) is 2. The van der Waals surface area contributed by atoms with Gasteiger partial charge in [0.05, 0.1) is 5.02 Å². The molecule has 0 aliphatic carbocycles. The summed E-state index contributed by atoms with van der Waals surface area (Å²) in [5.74, 6) is 0.324. The first-order chi connectivity index (χ1) is 9.98. The summed E-state index contributed by atoms with van der Waals surface area (Å²) in [4.78, 5) is 11.9. The number of hydrogen-bond acceptors (Lipinski definition) is 3. The quantitative estimate of drug-likeness (QED) is 0.872. The summed E-state index contributed by atoms with van der Waals surface area (Å²) in [6.07, 6.45) is 2.13. The maximum atomic E-state index is 11.9. The van der Waals surface area contributed by atoms with Crippen molar-refractivity contribution in [2.45, 2.75) is 19.8 Å². The first kappa shape index (κ1) is 16.4. The Labute approximate surface area is 135 Å². The first-order valence-corrected chi connectivity index (χ1v) is 7.79. The molecule has 1 amide bonds. The van der Waals surface area contributed by atoms with E-state index in [-0.39, 0.29) is 17.9 Å². The zero-order valence-electron chi connectivity index (χ0n) is 12.0. The fourth-order valence-electron chi connectivity index (χ4n) is 2.31. The smallest absolute Gasteiger partial charge is 0.257 e. The van der Waals surface area contributed by atoms with Crippen LogP contribution in [0.3, 0.4) is 0 Å². The lowest BCUT2D eigenvalue weighted by Crippen LogP contribution is -2.43. The molecule has 4 nitrogen and oxygen atoms in total. The number of carbonyl (C=O) groups is 1. The normalized spacial score (nSPS) is 17.3. The second-order valence-electron chi connectivity index (χ2n) is 5.70. The van der Waals surface area contributed by atoms with E-state index < -0.39 is 0 Å². The van der Waals surface area contributed by atoms with Crippen molar-refractivity contribution in [1.82, 2.24) is 10.6 Å². The summed E-state index contributed by atoms with van der Waals surface area (Å²) in [6, 6.07) is 4.93. The van der Waals surface area contributed by atoms with Gasteiger partial charge in [0.2, 0.25) is 0 Å². The van der Waals surface area contributed by atoms with Crippen LogP contribution in [-0.4, -0.2) is 32.1 Å². The van der Waals surface area contributed by atoms with Crippen molar-refractivity contribution in [1.29, 1.82) is 0 Å². The highest BCUT2D eigenvalue weighted by molar-refractivity contribution is 6.35. The second-order valence-corrected chi connectivity index (χ2v) is 6.54. The minimum absolute atomic E-state index is 0.0460. The highest BCUT2D eigenvalue weighted by Gasteiger charge is 2.26. The number of ether oxygens (including phenoxy) is 1. The van der Waals surface area contributed by atoms with Crippen molar-refractivity contribution in [2.75, 3.05) is 26.2 Å². The van der Waals surface area contributed by atoms with Gasteiger partial charge in [0, 0.05) is 11.6 Å². The Morgan fingerprint density at radius 3 is 2.76 bits per heavy atom. The Balaban J connectivity index is 1.77. The highest BCUT2D eigenvalue weighted by atomic mass is 35.5. The zero-order chi connectivity index (χ0) is 15.3. The van der Waals surface area contributed by atoms with E-state index >= 15 is 0 Å². The van der Waals surface area contributed by atoms with Crippen LogP contribution in [0.5, 0.6) is 5.75 Å². The average Bonchev–Trinajstić information content (AvgIpc) is 2.45. The maximum absolute atomic E-state index is 11.9. The van der Waals surface area contributed by atoms with Gasteiger partial charge in [-0.15, -0.1) is 0 Å². The van der Waals surface area contributed by atoms with E-state index in [1.807, 2.05) is 0 Å². The molecule has 1 aromatic rings. The zero-order valence-corrected chi connectivity index (χ0v) is 13.6. The second kappa shape index (κ2) is 7.34. The predicted octanol–water partition coefficient (Wildman–Crippen LogP) is 2.88. The molecule has 116 valence electrons. The third-order valence-electron chi connectivity index (χ3n) is 3.78. The van der Waals surface area contributed by atoms with Gasteiger partial charge in [-0.3, -0.25) is 4.79 Å². The summed E-state index contributed by atoms with van der Waals surface area (Å²) >= 11 is 11.8. The van der Waals surface area contributed by atoms with E-state index in [2.05, 4.69) is 17.6 Å². The Kier molecular flexibility index (Phi) is 5.73. The van der Waals surface area contributed by atoms with Crippen LogP contribution in [-0.2, 0) is 4.79 Å². The minimum Gasteiger partial charge on any atom is -0.482 e. The molecule has 6 heteroatoms. The standard InChI is InChI=1S/C15H20Cl2N2O2/c1-15(4-6-18-7-5-15)10-19-14(20)9-21-13-3-2-11(16)8-12(13)17/h2-3,8,18H,4-7,9-10H2,1H3,(H,19,20). The highest BCUT2D eigenvalue weighted by Crippen LogP contribution is 2.28. The number of carbonyl (C=O) groups excluding carboxylic acids is 1. The average molecular weight is 331 g/mol. The summed E-state index contributed by atoms with van der Waals surface area (Å²) in [5.41, 5.74) is 0.166. The lowest BCUT2D eigenvalue weighted by Gasteiger charge is -2.34. The lowest BCUT2D eigenvalue weighted by atomic mass is 9.81. The summed E-state index contributed by atoms with van der Waals surface area (Å²) < 4.78 is 5.41. The van der Waals surface area contributed by atoms with Gasteiger partial charge in [-0.25, -0.2) is 0 Å². The molecule has 0 aromatic heterocycles. The van der Waals surface area contributed by atoms with Crippen molar-refractivity contribution in [3.63, 3.8) is 0 Å². The Morgan fingerprint density at radius 1 is 1.38 bits per heavy atom. The van der Waals surface area contributed by atoms with Crippen LogP contribution < -0.4 is 15.4 Å². The molecule has 0 unspecified atom stereocenters. The first-order valence-electron chi connectivity index (χ1n) is 7.04. The van der Waals surface area contributed by atoms with Gasteiger partial charge >= 0.3 is 0 Å². The third-order valence-corrected chi connectivity index (χ3v) is 4.31. The summed E-state index contributed by atoms with van der Waals surface area (Å²) in [7, 11) is 0. The van der Waals surface area contributed by atoms with Crippen LogP contribution in [0.4, 0.5) is 0 Å². The van der Waals surface area contributed by atoms with E-state index in [0.717, 1.165) is 25.9 Å². The van der Waals surface area contributed by atoms with Crippen molar-refractivity contribution in [2.24, 2.45) is 5.41 Å². The Morgan fingerprint density at radius 2 is 2.10 bits per heavy atom. The molecule has 1 aliphatic rings. The molecule has 0 radical (unpaired) electrons. The van der Waals surface area contributed by atoms with E-state index in [1.54, 1.807) is 18.2 Å². The van der Waals surface area contributed by atoms with Crippen molar-refractivity contribution >= 4 is 29.1 Å². The van der Waals surface area contributed by atoms with E-state index in [4.69, 9.17) is 27.9 Å². The molecule has 0 spiro atoms. The van der Waals surface area contributed by atoms with Gasteiger partial charge in [-0.1, -0.05) is 30.1 Å².